The van der Waals surface area contributed by atoms with Gasteiger partial charge in [-0.05, 0) is 17.5 Å². The second-order valence-corrected chi connectivity index (χ2v) is 6.31. The van der Waals surface area contributed by atoms with E-state index >= 15 is 0 Å². The Morgan fingerprint density at radius 3 is 2.33 bits per heavy atom. The molecule has 6 heteroatoms. The van der Waals surface area contributed by atoms with Crippen LogP contribution in [-0.4, -0.2) is 14.3 Å². The topological polar surface area (TPSA) is 63.2 Å². The van der Waals surface area contributed by atoms with Crippen LogP contribution in [0.4, 0.5) is 5.69 Å². The van der Waals surface area contributed by atoms with Crippen LogP contribution >= 0.6 is 10.7 Å². The summed E-state index contributed by atoms with van der Waals surface area (Å²) in [7, 11) is 1.54. The molecule has 0 bridgehead atoms. The van der Waals surface area contributed by atoms with Crippen molar-refractivity contribution in [2.45, 2.75) is 11.8 Å². The van der Waals surface area contributed by atoms with Gasteiger partial charge in [0.25, 0.3) is 9.05 Å². The number of carbonyl (C=O) groups is 1. The molecule has 0 fully saturated rings. The molecule has 2 aromatic rings. The molecule has 18 heavy (non-hydrogen) atoms. The first-order chi connectivity index (χ1) is 8.39. The van der Waals surface area contributed by atoms with Crippen LogP contribution in [0.5, 0.6) is 0 Å². The molecule has 0 unspecified atom stereocenters. The largest absolute Gasteiger partial charge is 0.326 e. The van der Waals surface area contributed by atoms with Gasteiger partial charge in [-0.15, -0.1) is 0 Å². The summed E-state index contributed by atoms with van der Waals surface area (Å²) in [6.45, 7) is 1.36. The smallest absolute Gasteiger partial charge is 0.262 e. The summed E-state index contributed by atoms with van der Waals surface area (Å²) in [6.07, 6.45) is 0. The maximum atomic E-state index is 11.5. The Bertz CT molecular complexity index is 720. The van der Waals surface area contributed by atoms with Crippen molar-refractivity contribution >= 4 is 42.1 Å². The highest BCUT2D eigenvalue weighted by Crippen LogP contribution is 2.31. The molecule has 94 valence electrons. The maximum absolute atomic E-state index is 11.5. The van der Waals surface area contributed by atoms with Gasteiger partial charge in [0.15, 0.2) is 0 Å². The zero-order valence-corrected chi connectivity index (χ0v) is 11.0. The van der Waals surface area contributed by atoms with Gasteiger partial charge < -0.3 is 5.32 Å². The first-order valence-corrected chi connectivity index (χ1v) is 7.44. The van der Waals surface area contributed by atoms with E-state index in [1.54, 1.807) is 30.3 Å². The van der Waals surface area contributed by atoms with E-state index in [2.05, 4.69) is 5.32 Å². The molecule has 2 aromatic carbocycles. The normalized spacial score (nSPS) is 11.4. The summed E-state index contributed by atoms with van der Waals surface area (Å²) in [4.78, 5) is 11.1. The van der Waals surface area contributed by atoms with E-state index in [-0.39, 0.29) is 10.8 Å². The molecular weight excluding hydrogens is 274 g/mol. The SMILES string of the molecule is CC(=O)Nc1cccc2cccc(S(=O)(=O)Cl)c12. The third kappa shape index (κ3) is 2.47. The van der Waals surface area contributed by atoms with E-state index in [1.165, 1.54) is 13.0 Å². The second kappa shape index (κ2) is 4.59. The van der Waals surface area contributed by atoms with Gasteiger partial charge >= 0.3 is 0 Å². The van der Waals surface area contributed by atoms with Crippen molar-refractivity contribution in [2.75, 3.05) is 5.32 Å². The van der Waals surface area contributed by atoms with Crippen LogP contribution in [0.15, 0.2) is 41.3 Å². The molecule has 4 nitrogen and oxygen atoms in total. The molecule has 0 atom stereocenters. The summed E-state index contributed by atoms with van der Waals surface area (Å²) in [6, 6.07) is 9.90. The number of carbonyl (C=O) groups excluding carboxylic acids is 1. The van der Waals surface area contributed by atoms with Crippen LogP contribution < -0.4 is 5.32 Å². The van der Waals surface area contributed by atoms with Crippen molar-refractivity contribution < 1.29 is 13.2 Å². The van der Waals surface area contributed by atoms with Crippen LogP contribution in [0.1, 0.15) is 6.92 Å². The molecule has 0 heterocycles. The van der Waals surface area contributed by atoms with E-state index in [9.17, 15) is 13.2 Å². The third-order valence-electron chi connectivity index (χ3n) is 2.44. The minimum absolute atomic E-state index is 0.00832. The average molecular weight is 284 g/mol. The van der Waals surface area contributed by atoms with Gasteiger partial charge in [-0.1, -0.05) is 24.3 Å². The Kier molecular flexibility index (Phi) is 3.28. The first-order valence-electron chi connectivity index (χ1n) is 5.13. The summed E-state index contributed by atoms with van der Waals surface area (Å²) in [5, 5.41) is 3.72. The van der Waals surface area contributed by atoms with E-state index in [4.69, 9.17) is 10.7 Å². The summed E-state index contributed by atoms with van der Waals surface area (Å²) in [5.74, 6) is -0.274. The predicted octanol–water partition coefficient (Wildman–Crippen LogP) is 2.73. The van der Waals surface area contributed by atoms with E-state index in [0.717, 1.165) is 0 Å². The van der Waals surface area contributed by atoms with Crippen molar-refractivity contribution in [2.24, 2.45) is 0 Å². The van der Waals surface area contributed by atoms with E-state index < -0.39 is 9.05 Å². The molecule has 0 saturated heterocycles. The van der Waals surface area contributed by atoms with Crippen LogP contribution in [-0.2, 0) is 13.8 Å². The van der Waals surface area contributed by atoms with Gasteiger partial charge in [-0.2, -0.15) is 0 Å². The number of nitrogens with one attached hydrogen (secondary N) is 1. The number of hydrogen-bond donors (Lipinski definition) is 1. The molecule has 0 spiro atoms. The minimum Gasteiger partial charge on any atom is -0.326 e. The van der Waals surface area contributed by atoms with E-state index in [1.807, 2.05) is 0 Å². The highest BCUT2D eigenvalue weighted by atomic mass is 35.7. The van der Waals surface area contributed by atoms with Gasteiger partial charge in [0.2, 0.25) is 5.91 Å². The zero-order valence-electron chi connectivity index (χ0n) is 9.48. The average Bonchev–Trinajstić information content (AvgIpc) is 2.26. The lowest BCUT2D eigenvalue weighted by molar-refractivity contribution is -0.114. The summed E-state index contributed by atoms with van der Waals surface area (Å²) >= 11 is 0. The van der Waals surface area contributed by atoms with Gasteiger partial charge in [-0.3, -0.25) is 4.79 Å². The molecule has 0 radical (unpaired) electrons. The quantitative estimate of drug-likeness (QED) is 0.862. The first kappa shape index (κ1) is 12.9. The fourth-order valence-electron chi connectivity index (χ4n) is 1.80. The van der Waals surface area contributed by atoms with Crippen molar-refractivity contribution in [1.82, 2.24) is 0 Å². The number of hydrogen-bond acceptors (Lipinski definition) is 3. The molecule has 0 aromatic heterocycles. The lowest BCUT2D eigenvalue weighted by Gasteiger charge is -2.09. The van der Waals surface area contributed by atoms with Crippen LogP contribution in [0.3, 0.4) is 0 Å². The summed E-state index contributed by atoms with van der Waals surface area (Å²) in [5.41, 5.74) is 0.430. The van der Waals surface area contributed by atoms with Crippen LogP contribution in [0.25, 0.3) is 10.8 Å². The number of halogens is 1. The van der Waals surface area contributed by atoms with E-state index in [0.29, 0.717) is 16.5 Å². The molecule has 0 aliphatic heterocycles. The monoisotopic (exact) mass is 283 g/mol. The Morgan fingerprint density at radius 1 is 1.17 bits per heavy atom. The van der Waals surface area contributed by atoms with Crippen molar-refractivity contribution in [3.8, 4) is 0 Å². The van der Waals surface area contributed by atoms with Crippen molar-refractivity contribution in [3.05, 3.63) is 36.4 Å². The molecule has 0 aliphatic carbocycles. The number of rotatable bonds is 2. The van der Waals surface area contributed by atoms with Crippen LogP contribution in [0.2, 0.25) is 0 Å². The standard InChI is InChI=1S/C12H10ClNO3S/c1-8(15)14-10-6-2-4-9-5-3-7-11(12(9)10)18(13,16)17/h2-7H,1H3,(H,14,15). The summed E-state index contributed by atoms with van der Waals surface area (Å²) < 4.78 is 23.1. The lowest BCUT2D eigenvalue weighted by atomic mass is 10.1. The molecule has 1 N–H and O–H groups in total. The van der Waals surface area contributed by atoms with Crippen molar-refractivity contribution in [1.29, 1.82) is 0 Å². The predicted molar refractivity (Wildman–Crippen MR) is 71.3 cm³/mol. The molecule has 2 rings (SSSR count). The van der Waals surface area contributed by atoms with Gasteiger partial charge in [0.1, 0.15) is 0 Å². The number of amides is 1. The molecule has 1 amide bonds. The fraction of sp³-hybridized carbons (Fsp3) is 0.0833. The Morgan fingerprint density at radius 2 is 1.78 bits per heavy atom. The van der Waals surface area contributed by atoms with Crippen LogP contribution in [0, 0.1) is 0 Å². The highest BCUT2D eigenvalue weighted by Gasteiger charge is 2.16. The second-order valence-electron chi connectivity index (χ2n) is 3.78. The third-order valence-corrected chi connectivity index (χ3v) is 3.80. The number of anilines is 1. The number of benzene rings is 2. The number of fused-ring (bicyclic) bond motifs is 1. The minimum atomic E-state index is -3.87. The zero-order chi connectivity index (χ0) is 13.3. The van der Waals surface area contributed by atoms with Gasteiger partial charge in [0.05, 0.1) is 4.90 Å². The Balaban J connectivity index is 2.84. The fourth-order valence-corrected chi connectivity index (χ4v) is 2.90. The Hall–Kier alpha value is -1.59. The van der Waals surface area contributed by atoms with Gasteiger partial charge in [0, 0.05) is 28.7 Å². The van der Waals surface area contributed by atoms with Gasteiger partial charge in [-0.25, -0.2) is 8.42 Å². The molecule has 0 saturated carbocycles. The van der Waals surface area contributed by atoms with Crippen molar-refractivity contribution in [3.63, 3.8) is 0 Å². The highest BCUT2D eigenvalue weighted by molar-refractivity contribution is 8.14. The molecule has 0 aliphatic rings. The Labute approximate surface area is 109 Å². The lowest BCUT2D eigenvalue weighted by Crippen LogP contribution is -2.07. The molecular formula is C12H10ClNO3S. The maximum Gasteiger partial charge on any atom is 0.262 e.